The van der Waals surface area contributed by atoms with E-state index in [0.29, 0.717) is 28.6 Å². The summed E-state index contributed by atoms with van der Waals surface area (Å²) >= 11 is 2.57. The predicted octanol–water partition coefficient (Wildman–Crippen LogP) is 6.47. The summed E-state index contributed by atoms with van der Waals surface area (Å²) in [4.78, 5) is 57.6. The van der Waals surface area contributed by atoms with Crippen LogP contribution in [0, 0.1) is 36.5 Å². The molecule has 4 aliphatic rings. The molecule has 0 unspecified atom stereocenters. The van der Waals surface area contributed by atoms with Crippen LogP contribution < -0.4 is 24.6 Å². The lowest BCUT2D eigenvalue weighted by atomic mass is 9.68. The van der Waals surface area contributed by atoms with Gasteiger partial charge in [-0.05, 0) is 72.6 Å². The first-order chi connectivity index (χ1) is 24.0. The minimum atomic E-state index is -4.75. The molecule has 2 saturated carbocycles. The number of aryl methyl sites for hydroxylation is 1. The monoisotopic (exact) mass is 721 g/mol. The van der Waals surface area contributed by atoms with E-state index in [1.54, 1.807) is 18.2 Å². The minimum Gasteiger partial charge on any atom is -0.493 e. The molecule has 2 N–H and O–H groups in total. The van der Waals surface area contributed by atoms with Gasteiger partial charge < -0.3 is 19.8 Å². The van der Waals surface area contributed by atoms with Crippen LogP contribution in [0.3, 0.4) is 0 Å². The second kappa shape index (κ2) is 12.0. The van der Waals surface area contributed by atoms with E-state index in [4.69, 9.17) is 9.47 Å². The number of hydrogen-bond acceptors (Lipinski definition) is 8. The maximum atomic E-state index is 14.0. The van der Waals surface area contributed by atoms with Crippen LogP contribution in [0.15, 0.2) is 76.6 Å². The standard InChI is InChI=1S/C36H30F3N3O6S2/c1-16-7-3-5-9-21(16)40-25(43)15-48-23-12-11-17(13-24(23)47-2)26-27-18-14-19(30(27)49-32-31(26)50-35(46)41-32)29-28(18)33(44)42(34(29)45)22-10-6-4-8-20(22)36(37,38)39/h3-13,18-19,26-30H,14-15H2,1-2H3,(H,40,43)(H,41,46)/t18-,19-,26+,27-,28+,29+,30-/m1/s1. The number of halogens is 3. The Morgan fingerprint density at radius 3 is 2.44 bits per heavy atom. The van der Waals surface area contributed by atoms with Gasteiger partial charge in [-0.3, -0.25) is 19.2 Å². The van der Waals surface area contributed by atoms with Gasteiger partial charge in [-0.2, -0.15) is 13.2 Å². The Morgan fingerprint density at radius 1 is 0.980 bits per heavy atom. The number of carbonyl (C=O) groups is 3. The molecule has 2 aliphatic heterocycles. The molecule has 3 aromatic carbocycles. The number of hydrogen-bond donors (Lipinski definition) is 2. The first-order valence-corrected chi connectivity index (χ1v) is 17.8. The number of aromatic amines is 1. The van der Waals surface area contributed by atoms with Crippen LogP contribution in [-0.4, -0.2) is 41.7 Å². The number of carbonyl (C=O) groups excluding carboxylic acids is 3. The quantitative estimate of drug-likeness (QED) is 0.210. The van der Waals surface area contributed by atoms with Crippen molar-refractivity contribution < 1.29 is 37.0 Å². The Labute approximate surface area is 292 Å². The van der Waals surface area contributed by atoms with Crippen LogP contribution in [0.1, 0.15) is 33.9 Å². The van der Waals surface area contributed by atoms with E-state index < -0.39 is 41.1 Å². The van der Waals surface area contributed by atoms with Crippen molar-refractivity contribution >= 4 is 52.2 Å². The number of amides is 3. The van der Waals surface area contributed by atoms with E-state index in [1.807, 2.05) is 31.2 Å². The normalized spacial score (nSPS) is 26.4. The number of ether oxygens (including phenoxy) is 2. The highest BCUT2D eigenvalue weighted by Gasteiger charge is 2.70. The van der Waals surface area contributed by atoms with Gasteiger partial charge >= 0.3 is 11.0 Å². The Kier molecular flexibility index (Phi) is 7.86. The molecule has 14 heteroatoms. The summed E-state index contributed by atoms with van der Waals surface area (Å²) in [5.74, 6) is -3.48. The number of alkyl halides is 3. The molecule has 9 nitrogen and oxygen atoms in total. The highest BCUT2D eigenvalue weighted by Crippen LogP contribution is 2.69. The second-order valence-electron chi connectivity index (χ2n) is 13.0. The first-order valence-electron chi connectivity index (χ1n) is 16.1. The molecule has 2 aliphatic carbocycles. The third-order valence-electron chi connectivity index (χ3n) is 10.5. The smallest absolute Gasteiger partial charge is 0.418 e. The number of rotatable bonds is 7. The molecule has 4 aromatic rings. The van der Waals surface area contributed by atoms with Crippen LogP contribution in [0.25, 0.3) is 0 Å². The lowest BCUT2D eigenvalue weighted by Crippen LogP contribution is -2.42. The molecule has 1 aromatic heterocycles. The molecular weight excluding hydrogens is 692 g/mol. The summed E-state index contributed by atoms with van der Waals surface area (Å²) in [6.07, 6.45) is -4.17. The number of para-hydroxylation sites is 2. The highest BCUT2D eigenvalue weighted by molar-refractivity contribution is 8.00. The number of fused-ring (bicyclic) bond motifs is 9. The molecule has 7 atom stereocenters. The number of thiazole rings is 1. The van der Waals surface area contributed by atoms with Gasteiger partial charge in [0.25, 0.3) is 5.91 Å². The van der Waals surface area contributed by atoms with Gasteiger partial charge in [-0.15, -0.1) is 11.8 Å². The molecular formula is C36H30F3N3O6S2. The van der Waals surface area contributed by atoms with Gasteiger partial charge in [0.05, 0.1) is 35.2 Å². The number of nitrogens with one attached hydrogen (secondary N) is 2. The fraction of sp³-hybridized carbons (Fsp3) is 0.333. The van der Waals surface area contributed by atoms with Crippen LogP contribution in [0.2, 0.25) is 0 Å². The van der Waals surface area contributed by atoms with Crippen LogP contribution in [-0.2, 0) is 20.6 Å². The molecule has 0 spiro atoms. The van der Waals surface area contributed by atoms with E-state index in [1.165, 1.54) is 37.1 Å². The molecule has 8 rings (SSSR count). The molecule has 3 amide bonds. The van der Waals surface area contributed by atoms with E-state index in [0.717, 1.165) is 38.3 Å². The van der Waals surface area contributed by atoms with Gasteiger partial charge in [0, 0.05) is 21.7 Å². The third-order valence-corrected chi connectivity index (χ3v) is 13.1. The summed E-state index contributed by atoms with van der Waals surface area (Å²) < 4.78 is 53.6. The fourth-order valence-corrected chi connectivity index (χ4v) is 11.5. The average Bonchev–Trinajstić information content (AvgIpc) is 3.83. The van der Waals surface area contributed by atoms with Crippen molar-refractivity contribution in [2.75, 3.05) is 23.9 Å². The molecule has 1 saturated heterocycles. The van der Waals surface area contributed by atoms with Crippen LogP contribution in [0.5, 0.6) is 11.5 Å². The molecule has 0 radical (unpaired) electrons. The number of benzene rings is 3. The number of imide groups is 1. The summed E-state index contributed by atoms with van der Waals surface area (Å²) in [6, 6.07) is 17.4. The average molecular weight is 722 g/mol. The number of aromatic nitrogens is 1. The summed E-state index contributed by atoms with van der Waals surface area (Å²) in [5, 5.41) is 3.37. The summed E-state index contributed by atoms with van der Waals surface area (Å²) in [7, 11) is 1.48. The first kappa shape index (κ1) is 32.6. The third kappa shape index (κ3) is 5.13. The van der Waals surface area contributed by atoms with E-state index in [-0.39, 0.29) is 46.3 Å². The van der Waals surface area contributed by atoms with E-state index in [2.05, 4.69) is 10.3 Å². The highest BCUT2D eigenvalue weighted by atomic mass is 32.2. The van der Waals surface area contributed by atoms with Gasteiger partial charge in [0.15, 0.2) is 18.1 Å². The Hall–Kier alpha value is -4.56. The summed E-state index contributed by atoms with van der Waals surface area (Å²) in [5.41, 5.74) is 0.920. The van der Waals surface area contributed by atoms with Crippen LogP contribution >= 0.6 is 23.1 Å². The number of nitrogens with zero attached hydrogens (tertiary/aromatic N) is 1. The molecule has 50 heavy (non-hydrogen) atoms. The van der Waals surface area contributed by atoms with Crippen molar-refractivity contribution in [1.82, 2.24) is 4.98 Å². The largest absolute Gasteiger partial charge is 0.493 e. The second-order valence-corrected chi connectivity index (χ2v) is 15.3. The van der Waals surface area contributed by atoms with Gasteiger partial charge in [0.2, 0.25) is 11.8 Å². The number of H-pyrrole nitrogens is 1. The zero-order chi connectivity index (χ0) is 35.1. The lowest BCUT2D eigenvalue weighted by Gasteiger charge is -2.43. The van der Waals surface area contributed by atoms with Crippen molar-refractivity contribution in [3.8, 4) is 11.5 Å². The van der Waals surface area contributed by atoms with Crippen LogP contribution in [0.4, 0.5) is 24.5 Å². The van der Waals surface area contributed by atoms with E-state index in [9.17, 15) is 32.3 Å². The maximum absolute atomic E-state index is 14.0. The SMILES string of the molecule is COc1cc([C@@H]2c3sc(=O)[nH]c3S[C@@H]3[C@@H]4C[C@@H]([C@@H]5C(=O)N(c6ccccc6C(F)(F)F)C(=O)[C@@H]45)[C@H]23)ccc1OCC(=O)Nc1ccccc1C. The Morgan fingerprint density at radius 2 is 1.70 bits per heavy atom. The maximum Gasteiger partial charge on any atom is 0.418 e. The number of methoxy groups -OCH3 is 1. The van der Waals surface area contributed by atoms with Gasteiger partial charge in [-0.25, -0.2) is 4.90 Å². The fourth-order valence-electron chi connectivity index (χ4n) is 8.58. The lowest BCUT2D eigenvalue weighted by molar-refractivity contribution is -0.137. The van der Waals surface area contributed by atoms with Gasteiger partial charge in [-0.1, -0.05) is 47.7 Å². The zero-order valence-corrected chi connectivity index (χ0v) is 28.3. The molecule has 3 heterocycles. The molecule has 258 valence electrons. The predicted molar refractivity (Wildman–Crippen MR) is 181 cm³/mol. The topological polar surface area (TPSA) is 118 Å². The minimum absolute atomic E-state index is 0.161. The number of thioether (sulfide) groups is 1. The molecule has 3 fully saturated rings. The Bertz CT molecular complexity index is 2110. The van der Waals surface area contributed by atoms with Gasteiger partial charge in [0.1, 0.15) is 0 Å². The van der Waals surface area contributed by atoms with Crippen molar-refractivity contribution in [2.45, 2.75) is 35.7 Å². The Balaban J connectivity index is 1.11. The number of anilines is 2. The van der Waals surface area contributed by atoms with Crippen molar-refractivity contribution in [1.29, 1.82) is 0 Å². The zero-order valence-electron chi connectivity index (χ0n) is 26.7. The summed E-state index contributed by atoms with van der Waals surface area (Å²) in [6.45, 7) is 1.62. The molecule has 2 bridgehead atoms. The van der Waals surface area contributed by atoms with E-state index >= 15 is 0 Å². The van der Waals surface area contributed by atoms with Crippen molar-refractivity contribution in [3.05, 3.63) is 98.0 Å². The van der Waals surface area contributed by atoms with Crippen molar-refractivity contribution in [3.63, 3.8) is 0 Å². The van der Waals surface area contributed by atoms with Crippen molar-refractivity contribution in [2.24, 2.45) is 29.6 Å².